The van der Waals surface area contributed by atoms with E-state index in [0.29, 0.717) is 18.1 Å². The lowest BCUT2D eigenvalue weighted by Crippen LogP contribution is -2.55. The van der Waals surface area contributed by atoms with Gasteiger partial charge in [0.25, 0.3) is 5.91 Å². The maximum atomic E-state index is 13.0. The minimum absolute atomic E-state index is 0.0653. The van der Waals surface area contributed by atoms with Gasteiger partial charge in [-0.15, -0.1) is 0 Å². The Morgan fingerprint density at radius 3 is 2.38 bits per heavy atom. The number of aromatic nitrogens is 2. The Morgan fingerprint density at radius 2 is 1.69 bits per heavy atom. The van der Waals surface area contributed by atoms with Crippen molar-refractivity contribution in [3.63, 3.8) is 0 Å². The molecule has 3 aliphatic heterocycles. The van der Waals surface area contributed by atoms with Crippen molar-refractivity contribution >= 4 is 11.8 Å². The quantitative estimate of drug-likeness (QED) is 0.759. The molecule has 4 heterocycles. The second kappa shape index (κ2) is 8.65. The van der Waals surface area contributed by atoms with E-state index in [0.717, 1.165) is 77.8 Å². The predicted octanol–water partition coefficient (Wildman–Crippen LogP) is 1.43. The van der Waals surface area contributed by atoms with Gasteiger partial charge in [0.1, 0.15) is 5.69 Å². The van der Waals surface area contributed by atoms with Crippen LogP contribution in [0, 0.1) is 5.41 Å². The van der Waals surface area contributed by atoms with E-state index < -0.39 is 0 Å². The third-order valence-electron chi connectivity index (χ3n) is 6.56. The van der Waals surface area contributed by atoms with Crippen LogP contribution in [0.3, 0.4) is 0 Å². The molecular weight excluding hydrogens is 370 g/mol. The number of methoxy groups -OCH3 is 1. The van der Waals surface area contributed by atoms with E-state index in [-0.39, 0.29) is 17.2 Å². The number of piperidine rings is 2. The highest BCUT2D eigenvalue weighted by Crippen LogP contribution is 2.38. The summed E-state index contributed by atoms with van der Waals surface area (Å²) in [7, 11) is 1.53. The number of carbonyl (C=O) groups is 2. The van der Waals surface area contributed by atoms with Crippen LogP contribution in [0.5, 0.6) is 5.88 Å². The molecule has 3 aliphatic rings. The van der Waals surface area contributed by atoms with Gasteiger partial charge in [-0.2, -0.15) is 0 Å². The molecule has 158 valence electrons. The third kappa shape index (κ3) is 4.52. The number of rotatable bonds is 4. The minimum Gasteiger partial charge on any atom is -0.480 e. The molecule has 0 aromatic carbocycles. The molecule has 0 N–H and O–H groups in total. The van der Waals surface area contributed by atoms with Crippen molar-refractivity contribution in [3.8, 4) is 5.88 Å². The molecule has 0 radical (unpaired) electrons. The van der Waals surface area contributed by atoms with E-state index in [1.54, 1.807) is 0 Å². The van der Waals surface area contributed by atoms with Gasteiger partial charge in [-0.3, -0.25) is 14.5 Å². The second-order valence-electron chi connectivity index (χ2n) is 8.68. The summed E-state index contributed by atoms with van der Waals surface area (Å²) in [6.45, 7) is 5.67. The molecule has 3 fully saturated rings. The van der Waals surface area contributed by atoms with Crippen LogP contribution in [-0.2, 0) is 4.79 Å². The zero-order valence-corrected chi connectivity index (χ0v) is 17.3. The summed E-state index contributed by atoms with van der Waals surface area (Å²) >= 11 is 0. The fourth-order valence-electron chi connectivity index (χ4n) is 5.11. The molecule has 1 unspecified atom stereocenters. The molecule has 1 aromatic rings. The fourth-order valence-corrected chi connectivity index (χ4v) is 5.11. The van der Waals surface area contributed by atoms with Crippen LogP contribution < -0.4 is 4.74 Å². The maximum absolute atomic E-state index is 13.0. The Morgan fingerprint density at radius 1 is 0.966 bits per heavy atom. The first-order valence-corrected chi connectivity index (χ1v) is 10.7. The Labute approximate surface area is 172 Å². The standard InChI is InChI=1S/C21H31N5O3/c1-29-18-13-22-17(12-23-18)20(28)26-11-5-7-21(16-26)6-4-8-24(15-21)14-19(27)25-9-2-3-10-25/h12-13H,2-11,14-16H2,1H3. The normalized spacial score (nSPS) is 25.4. The van der Waals surface area contributed by atoms with Crippen molar-refractivity contribution in [1.29, 1.82) is 0 Å². The molecule has 1 atom stereocenters. The van der Waals surface area contributed by atoms with E-state index in [2.05, 4.69) is 14.9 Å². The average Bonchev–Trinajstić information content (AvgIpc) is 3.28. The fraction of sp³-hybridized carbons (Fsp3) is 0.714. The van der Waals surface area contributed by atoms with Gasteiger partial charge in [0.2, 0.25) is 11.8 Å². The van der Waals surface area contributed by atoms with Crippen molar-refractivity contribution in [2.24, 2.45) is 5.41 Å². The molecule has 29 heavy (non-hydrogen) atoms. The lowest BCUT2D eigenvalue weighted by atomic mass is 9.73. The average molecular weight is 402 g/mol. The Kier molecular flexibility index (Phi) is 5.99. The summed E-state index contributed by atoms with van der Waals surface area (Å²) in [5.41, 5.74) is 0.442. The monoisotopic (exact) mass is 401 g/mol. The number of hydrogen-bond acceptors (Lipinski definition) is 6. The highest BCUT2D eigenvalue weighted by molar-refractivity contribution is 5.92. The summed E-state index contributed by atoms with van der Waals surface area (Å²) in [6.07, 6.45) is 9.52. The topological polar surface area (TPSA) is 78.9 Å². The van der Waals surface area contributed by atoms with Crippen molar-refractivity contribution < 1.29 is 14.3 Å². The summed E-state index contributed by atoms with van der Waals surface area (Å²) in [4.78, 5) is 40.1. The number of nitrogens with zero attached hydrogens (tertiary/aromatic N) is 5. The van der Waals surface area contributed by atoms with Gasteiger partial charge in [-0.25, -0.2) is 9.97 Å². The van der Waals surface area contributed by atoms with Crippen LogP contribution in [0.1, 0.15) is 49.0 Å². The molecule has 0 aliphatic carbocycles. The Bertz CT molecular complexity index is 730. The highest BCUT2D eigenvalue weighted by atomic mass is 16.5. The van der Waals surface area contributed by atoms with Crippen LogP contribution in [0.25, 0.3) is 0 Å². The molecule has 4 rings (SSSR count). The first kappa shape index (κ1) is 20.1. The van der Waals surface area contributed by atoms with Crippen LogP contribution in [0.4, 0.5) is 0 Å². The van der Waals surface area contributed by atoms with Crippen molar-refractivity contribution in [2.75, 3.05) is 52.9 Å². The van der Waals surface area contributed by atoms with Crippen molar-refractivity contribution in [2.45, 2.75) is 38.5 Å². The van der Waals surface area contributed by atoms with Gasteiger partial charge in [-0.1, -0.05) is 0 Å². The van der Waals surface area contributed by atoms with E-state index in [1.807, 2.05) is 9.80 Å². The molecular formula is C21H31N5O3. The largest absolute Gasteiger partial charge is 0.480 e. The molecule has 0 saturated carbocycles. The molecule has 0 bridgehead atoms. The zero-order chi connectivity index (χ0) is 20.3. The zero-order valence-electron chi connectivity index (χ0n) is 17.3. The number of likely N-dealkylation sites (tertiary alicyclic amines) is 3. The molecule has 8 heteroatoms. The van der Waals surface area contributed by atoms with Crippen molar-refractivity contribution in [1.82, 2.24) is 24.7 Å². The van der Waals surface area contributed by atoms with Gasteiger partial charge in [0.05, 0.1) is 26.0 Å². The van der Waals surface area contributed by atoms with Crippen molar-refractivity contribution in [3.05, 3.63) is 18.1 Å². The van der Waals surface area contributed by atoms with Crippen LogP contribution in [0.2, 0.25) is 0 Å². The van der Waals surface area contributed by atoms with Crippen LogP contribution in [0.15, 0.2) is 12.4 Å². The molecule has 2 amide bonds. The highest BCUT2D eigenvalue weighted by Gasteiger charge is 2.41. The Hall–Kier alpha value is -2.22. The van der Waals surface area contributed by atoms with Crippen LogP contribution >= 0.6 is 0 Å². The number of ether oxygens (including phenoxy) is 1. The number of amides is 2. The number of carbonyl (C=O) groups excluding carboxylic acids is 2. The van der Waals surface area contributed by atoms with Gasteiger partial charge in [-0.05, 0) is 45.1 Å². The van der Waals surface area contributed by atoms with Gasteiger partial charge < -0.3 is 14.5 Å². The molecule has 3 saturated heterocycles. The van der Waals surface area contributed by atoms with E-state index in [4.69, 9.17) is 4.74 Å². The summed E-state index contributed by atoms with van der Waals surface area (Å²) in [5.74, 6) is 0.601. The minimum atomic E-state index is -0.0653. The summed E-state index contributed by atoms with van der Waals surface area (Å²) in [5, 5.41) is 0. The van der Waals surface area contributed by atoms with Gasteiger partial charge in [0.15, 0.2) is 0 Å². The maximum Gasteiger partial charge on any atom is 0.274 e. The number of hydrogen-bond donors (Lipinski definition) is 0. The Balaban J connectivity index is 1.39. The lowest BCUT2D eigenvalue weighted by molar-refractivity contribution is -0.132. The first-order valence-electron chi connectivity index (χ1n) is 10.7. The summed E-state index contributed by atoms with van der Waals surface area (Å²) < 4.78 is 5.03. The third-order valence-corrected chi connectivity index (χ3v) is 6.56. The van der Waals surface area contributed by atoms with Gasteiger partial charge in [0, 0.05) is 38.1 Å². The second-order valence-corrected chi connectivity index (χ2v) is 8.68. The van der Waals surface area contributed by atoms with E-state index in [9.17, 15) is 9.59 Å². The van der Waals surface area contributed by atoms with E-state index in [1.165, 1.54) is 19.5 Å². The molecule has 8 nitrogen and oxygen atoms in total. The van der Waals surface area contributed by atoms with Crippen LogP contribution in [-0.4, -0.2) is 89.4 Å². The molecule has 1 spiro atoms. The van der Waals surface area contributed by atoms with E-state index >= 15 is 0 Å². The SMILES string of the molecule is COc1cnc(C(=O)N2CCCC3(CCCN(CC(=O)N4CCCC4)C3)C2)cn1. The summed E-state index contributed by atoms with van der Waals surface area (Å²) in [6, 6.07) is 0. The van der Waals surface area contributed by atoms with Gasteiger partial charge >= 0.3 is 0 Å². The smallest absolute Gasteiger partial charge is 0.274 e. The molecule has 1 aromatic heterocycles. The lowest BCUT2D eigenvalue weighted by Gasteiger charge is -2.48. The predicted molar refractivity (Wildman–Crippen MR) is 108 cm³/mol. The first-order chi connectivity index (χ1) is 14.1.